The van der Waals surface area contributed by atoms with Crippen LogP contribution in [0.1, 0.15) is 0 Å². The van der Waals surface area contributed by atoms with Gasteiger partial charge in [-0.25, -0.2) is 15.0 Å². The molecule has 64 heavy (non-hydrogen) atoms. The fraction of sp³-hybridized carbons (Fsp3) is 0. The van der Waals surface area contributed by atoms with Gasteiger partial charge in [-0.05, 0) is 48.5 Å². The van der Waals surface area contributed by atoms with Gasteiger partial charge >= 0.3 is 0 Å². The molecule has 14 aromatic rings. The van der Waals surface area contributed by atoms with Gasteiger partial charge in [0.1, 0.15) is 0 Å². The third-order valence-corrected chi connectivity index (χ3v) is 15.1. The Morgan fingerprint density at radius 2 is 0.781 bits per heavy atom. The standard InChI is InChI=1S/C57H33N5S2/c1-4-18-34(19-5-1)55-58-56(35-20-6-2-7-21-35)60-57(59-55)41-32-33-44(47-39-26-12-16-30-45(39)63-53(41)47)62-43-29-15-11-25-38(43)49-52(62)48-37-24-10-14-28-42(37)61(36-22-8-3-9-23-36)51(48)50-40-27-13-17-31-46(40)64-54(49)50/h1-33H. The molecule has 5 nitrogen and oxygen atoms in total. The lowest BCUT2D eigenvalue weighted by Crippen LogP contribution is -2.01. The third kappa shape index (κ3) is 5.07. The van der Waals surface area contributed by atoms with Crippen LogP contribution in [0.15, 0.2) is 200 Å². The lowest BCUT2D eigenvalue weighted by molar-refractivity contribution is 1.08. The highest BCUT2D eigenvalue weighted by atomic mass is 32.1. The zero-order chi connectivity index (χ0) is 41.9. The van der Waals surface area contributed by atoms with Crippen LogP contribution >= 0.6 is 22.7 Å². The number of hydrogen-bond acceptors (Lipinski definition) is 5. The fourth-order valence-electron chi connectivity index (χ4n) is 10.1. The number of nitrogens with zero attached hydrogens (tertiary/aromatic N) is 5. The van der Waals surface area contributed by atoms with Gasteiger partial charge in [-0.1, -0.05) is 152 Å². The summed E-state index contributed by atoms with van der Waals surface area (Å²) in [5.41, 5.74) is 9.94. The molecule has 14 rings (SSSR count). The summed E-state index contributed by atoms with van der Waals surface area (Å²) < 4.78 is 10.0. The number of rotatable bonds is 5. The van der Waals surface area contributed by atoms with E-state index in [0.29, 0.717) is 17.5 Å². The maximum Gasteiger partial charge on any atom is 0.165 e. The van der Waals surface area contributed by atoms with Crippen LogP contribution in [0.25, 0.3) is 129 Å². The molecular weight excluding hydrogens is 819 g/mol. The molecule has 0 saturated carbocycles. The molecule has 0 N–H and O–H groups in total. The maximum atomic E-state index is 5.25. The van der Waals surface area contributed by atoms with E-state index in [1.807, 2.05) is 47.7 Å². The molecule has 0 aliphatic rings. The van der Waals surface area contributed by atoms with Crippen molar-refractivity contribution in [1.29, 1.82) is 0 Å². The first-order valence-corrected chi connectivity index (χ1v) is 23.1. The Kier molecular flexibility index (Phi) is 7.66. The van der Waals surface area contributed by atoms with Crippen molar-refractivity contribution in [2.24, 2.45) is 0 Å². The molecule has 9 aromatic carbocycles. The highest BCUT2D eigenvalue weighted by molar-refractivity contribution is 7.27. The van der Waals surface area contributed by atoms with Crippen molar-refractivity contribution in [3.05, 3.63) is 200 Å². The van der Waals surface area contributed by atoms with Crippen molar-refractivity contribution >= 4 is 107 Å². The third-order valence-electron chi connectivity index (χ3n) is 12.7. The van der Waals surface area contributed by atoms with E-state index >= 15 is 0 Å². The second kappa shape index (κ2) is 13.8. The van der Waals surface area contributed by atoms with Gasteiger partial charge in [0.15, 0.2) is 17.5 Å². The van der Waals surface area contributed by atoms with Crippen molar-refractivity contribution in [2.75, 3.05) is 0 Å². The van der Waals surface area contributed by atoms with E-state index in [2.05, 4.69) is 173 Å². The van der Waals surface area contributed by atoms with Crippen LogP contribution in [0, 0.1) is 0 Å². The van der Waals surface area contributed by atoms with Gasteiger partial charge in [-0.2, -0.15) is 0 Å². The van der Waals surface area contributed by atoms with E-state index in [1.54, 1.807) is 11.3 Å². The molecule has 7 heteroatoms. The van der Waals surface area contributed by atoms with Gasteiger partial charge in [0.2, 0.25) is 0 Å². The highest BCUT2D eigenvalue weighted by Gasteiger charge is 2.28. The maximum absolute atomic E-state index is 5.25. The van der Waals surface area contributed by atoms with Crippen molar-refractivity contribution in [3.63, 3.8) is 0 Å². The molecule has 0 unspecified atom stereocenters. The molecule has 0 atom stereocenters. The first-order chi connectivity index (χ1) is 31.8. The minimum absolute atomic E-state index is 0.648. The molecule has 0 fully saturated rings. The van der Waals surface area contributed by atoms with Crippen molar-refractivity contribution in [1.82, 2.24) is 24.1 Å². The summed E-state index contributed by atoms with van der Waals surface area (Å²) >= 11 is 3.71. The summed E-state index contributed by atoms with van der Waals surface area (Å²) in [4.78, 5) is 15.5. The lowest BCUT2D eigenvalue weighted by Gasteiger charge is -2.15. The molecule has 5 heterocycles. The van der Waals surface area contributed by atoms with Crippen molar-refractivity contribution < 1.29 is 0 Å². The van der Waals surface area contributed by atoms with Crippen LogP contribution in [0.5, 0.6) is 0 Å². The topological polar surface area (TPSA) is 48.5 Å². The van der Waals surface area contributed by atoms with Gasteiger partial charge in [0.05, 0.1) is 27.8 Å². The Balaban J connectivity index is 1.16. The molecule has 0 amide bonds. The summed E-state index contributed by atoms with van der Waals surface area (Å²) in [7, 11) is 0. The van der Waals surface area contributed by atoms with E-state index in [-0.39, 0.29) is 0 Å². The van der Waals surface area contributed by atoms with Crippen LogP contribution in [0.4, 0.5) is 0 Å². The second-order valence-electron chi connectivity index (χ2n) is 16.3. The van der Waals surface area contributed by atoms with Gasteiger partial charge in [0.25, 0.3) is 0 Å². The number of aromatic nitrogens is 5. The van der Waals surface area contributed by atoms with Gasteiger partial charge < -0.3 is 9.13 Å². The van der Waals surface area contributed by atoms with E-state index in [9.17, 15) is 0 Å². The largest absolute Gasteiger partial charge is 0.308 e. The number of benzene rings is 9. The first-order valence-electron chi connectivity index (χ1n) is 21.5. The monoisotopic (exact) mass is 851 g/mol. The number of fused-ring (bicyclic) bond motifs is 15. The van der Waals surface area contributed by atoms with E-state index in [1.165, 1.54) is 79.3 Å². The highest BCUT2D eigenvalue weighted by Crippen LogP contribution is 2.52. The molecule has 298 valence electrons. The number of thiophene rings is 2. The van der Waals surface area contributed by atoms with Crippen LogP contribution < -0.4 is 0 Å². The Morgan fingerprint density at radius 1 is 0.328 bits per heavy atom. The second-order valence-corrected chi connectivity index (χ2v) is 18.4. The summed E-state index contributed by atoms with van der Waals surface area (Å²) in [6.07, 6.45) is 0. The molecule has 0 saturated heterocycles. The minimum atomic E-state index is 0.648. The van der Waals surface area contributed by atoms with E-state index in [4.69, 9.17) is 15.0 Å². The predicted molar refractivity (Wildman–Crippen MR) is 271 cm³/mol. The molecule has 0 spiro atoms. The lowest BCUT2D eigenvalue weighted by atomic mass is 10.0. The van der Waals surface area contributed by atoms with Gasteiger partial charge in [0, 0.05) is 84.3 Å². The van der Waals surface area contributed by atoms with Crippen LogP contribution in [-0.2, 0) is 0 Å². The van der Waals surface area contributed by atoms with Gasteiger partial charge in [-0.15, -0.1) is 22.7 Å². The molecule has 0 bridgehead atoms. The predicted octanol–water partition coefficient (Wildman–Crippen LogP) is 15.8. The van der Waals surface area contributed by atoms with Crippen LogP contribution in [-0.4, -0.2) is 24.1 Å². The normalized spacial score (nSPS) is 12.1. The number of hydrogen-bond donors (Lipinski definition) is 0. The SMILES string of the molecule is c1ccc(-c2nc(-c3ccccc3)nc(-c3ccc(-n4c5ccccc5c5c6sc7ccccc7c6c6c(c7ccccc7n6-c6ccccc6)c54)c4c3sc3ccccc34)n2)cc1. The number of para-hydroxylation sites is 3. The zero-order valence-corrected chi connectivity index (χ0v) is 35.7. The Bertz CT molecular complexity index is 4120. The molecular formula is C57H33N5S2. The fourth-order valence-corrected chi connectivity index (χ4v) is 12.6. The van der Waals surface area contributed by atoms with Crippen LogP contribution in [0.2, 0.25) is 0 Å². The quantitative estimate of drug-likeness (QED) is 0.173. The van der Waals surface area contributed by atoms with Crippen molar-refractivity contribution in [3.8, 4) is 45.5 Å². The molecule has 0 radical (unpaired) electrons. The average molecular weight is 852 g/mol. The smallest absolute Gasteiger partial charge is 0.165 e. The average Bonchev–Trinajstić information content (AvgIpc) is 4.13. The zero-order valence-electron chi connectivity index (χ0n) is 34.1. The summed E-state index contributed by atoms with van der Waals surface area (Å²) in [5, 5.41) is 9.96. The molecule has 0 aliphatic heterocycles. The van der Waals surface area contributed by atoms with E-state index < -0.39 is 0 Å². The Morgan fingerprint density at radius 3 is 1.42 bits per heavy atom. The van der Waals surface area contributed by atoms with Crippen LogP contribution in [0.3, 0.4) is 0 Å². The van der Waals surface area contributed by atoms with Crippen molar-refractivity contribution in [2.45, 2.75) is 0 Å². The Hall–Kier alpha value is -7.97. The first kappa shape index (κ1) is 35.6. The summed E-state index contributed by atoms with van der Waals surface area (Å²) in [6, 6.07) is 71.6. The summed E-state index contributed by atoms with van der Waals surface area (Å²) in [5.74, 6) is 1.95. The molecule has 0 aliphatic carbocycles. The van der Waals surface area contributed by atoms with Gasteiger partial charge in [-0.3, -0.25) is 0 Å². The minimum Gasteiger partial charge on any atom is -0.308 e. The summed E-state index contributed by atoms with van der Waals surface area (Å²) in [6.45, 7) is 0. The Labute approximate surface area is 374 Å². The molecule has 5 aromatic heterocycles. The van der Waals surface area contributed by atoms with E-state index in [0.717, 1.165) is 32.8 Å².